The summed E-state index contributed by atoms with van der Waals surface area (Å²) < 4.78 is 5.79. The van der Waals surface area contributed by atoms with Crippen LogP contribution in [0.4, 0.5) is 0 Å². The molecule has 6 heteroatoms. The molecule has 0 aromatic heterocycles. The van der Waals surface area contributed by atoms with E-state index in [1.807, 2.05) is 47.4 Å². The van der Waals surface area contributed by atoms with Crippen molar-refractivity contribution in [1.29, 1.82) is 0 Å². The number of likely N-dealkylation sites (tertiary alicyclic amines) is 1. The smallest absolute Gasteiger partial charge is 0.253 e. The number of carbonyl (C=O) groups is 1. The average molecular weight is 381 g/mol. The highest BCUT2D eigenvalue weighted by Gasteiger charge is 2.21. The van der Waals surface area contributed by atoms with E-state index in [-0.39, 0.29) is 24.4 Å². The molecule has 0 aliphatic carbocycles. The second-order valence-corrected chi connectivity index (χ2v) is 6.51. The van der Waals surface area contributed by atoms with Gasteiger partial charge in [0.25, 0.3) is 5.91 Å². The van der Waals surface area contributed by atoms with Gasteiger partial charge in [0.2, 0.25) is 0 Å². The third-order valence-electron chi connectivity index (χ3n) is 4.23. The van der Waals surface area contributed by atoms with Crippen LogP contribution in [0.2, 0.25) is 5.02 Å². The summed E-state index contributed by atoms with van der Waals surface area (Å²) in [6.07, 6.45) is 1.72. The topological polar surface area (TPSA) is 55.6 Å². The quantitative estimate of drug-likeness (QED) is 0.874. The van der Waals surface area contributed by atoms with Crippen molar-refractivity contribution >= 4 is 29.9 Å². The Morgan fingerprint density at radius 3 is 2.52 bits per heavy atom. The standard InChI is InChI=1S/C19H21ClN2O2.ClH/c20-16-6-4-14(5-7-16)13-24-18-3-1-2-15(12-18)19(23)22-10-8-17(21)9-11-22;/h1-7,12,17H,8-11,13,21H2;1H. The zero-order valence-corrected chi connectivity index (χ0v) is 15.4. The van der Waals surface area contributed by atoms with E-state index in [0.717, 1.165) is 31.5 Å². The molecular weight excluding hydrogens is 359 g/mol. The maximum absolute atomic E-state index is 12.6. The van der Waals surface area contributed by atoms with Crippen LogP contribution in [-0.4, -0.2) is 29.9 Å². The summed E-state index contributed by atoms with van der Waals surface area (Å²) in [6, 6.07) is 15.1. The zero-order valence-electron chi connectivity index (χ0n) is 13.9. The van der Waals surface area contributed by atoms with Crippen LogP contribution in [0.1, 0.15) is 28.8 Å². The monoisotopic (exact) mass is 380 g/mol. The van der Waals surface area contributed by atoms with Gasteiger partial charge < -0.3 is 15.4 Å². The number of nitrogens with two attached hydrogens (primary N) is 1. The molecule has 1 amide bonds. The molecule has 1 aliphatic heterocycles. The van der Waals surface area contributed by atoms with Crippen molar-refractivity contribution in [3.8, 4) is 5.75 Å². The van der Waals surface area contributed by atoms with Crippen LogP contribution in [0.5, 0.6) is 5.75 Å². The first-order valence-electron chi connectivity index (χ1n) is 8.14. The van der Waals surface area contributed by atoms with E-state index in [1.165, 1.54) is 0 Å². The van der Waals surface area contributed by atoms with Crippen LogP contribution in [0.3, 0.4) is 0 Å². The number of hydrogen-bond donors (Lipinski definition) is 1. The third kappa shape index (κ3) is 5.36. The fourth-order valence-electron chi connectivity index (χ4n) is 2.75. The molecular formula is C19H22Cl2N2O2. The molecule has 4 nitrogen and oxygen atoms in total. The third-order valence-corrected chi connectivity index (χ3v) is 4.48. The number of halogens is 2. The van der Waals surface area contributed by atoms with E-state index in [2.05, 4.69) is 0 Å². The van der Waals surface area contributed by atoms with E-state index < -0.39 is 0 Å². The van der Waals surface area contributed by atoms with E-state index in [9.17, 15) is 4.79 Å². The molecule has 25 heavy (non-hydrogen) atoms. The van der Waals surface area contributed by atoms with E-state index >= 15 is 0 Å². The Morgan fingerprint density at radius 1 is 1.16 bits per heavy atom. The number of benzene rings is 2. The van der Waals surface area contributed by atoms with E-state index in [4.69, 9.17) is 22.1 Å². The first kappa shape index (κ1) is 19.6. The van der Waals surface area contributed by atoms with Crippen LogP contribution in [0.15, 0.2) is 48.5 Å². The van der Waals surface area contributed by atoms with Crippen molar-refractivity contribution in [2.24, 2.45) is 5.73 Å². The van der Waals surface area contributed by atoms with Gasteiger partial charge >= 0.3 is 0 Å². The largest absolute Gasteiger partial charge is 0.489 e. The molecule has 0 bridgehead atoms. The molecule has 2 aromatic carbocycles. The van der Waals surface area contributed by atoms with Crippen molar-refractivity contribution in [3.63, 3.8) is 0 Å². The summed E-state index contributed by atoms with van der Waals surface area (Å²) in [4.78, 5) is 14.4. The van der Waals surface area contributed by atoms with Crippen LogP contribution in [0.25, 0.3) is 0 Å². The van der Waals surface area contributed by atoms with Gasteiger partial charge in [-0.25, -0.2) is 0 Å². The molecule has 1 heterocycles. The number of piperidine rings is 1. The fourth-order valence-corrected chi connectivity index (χ4v) is 2.88. The Hall–Kier alpha value is -1.75. The van der Waals surface area contributed by atoms with Gasteiger partial charge in [-0.15, -0.1) is 12.4 Å². The number of amides is 1. The predicted octanol–water partition coefficient (Wildman–Crippen LogP) is 3.90. The predicted molar refractivity (Wildman–Crippen MR) is 103 cm³/mol. The summed E-state index contributed by atoms with van der Waals surface area (Å²) in [5.41, 5.74) is 7.58. The van der Waals surface area contributed by atoms with E-state index in [0.29, 0.717) is 22.9 Å². The number of rotatable bonds is 4. The van der Waals surface area contributed by atoms with Crippen molar-refractivity contribution in [1.82, 2.24) is 4.90 Å². The number of ether oxygens (including phenoxy) is 1. The molecule has 2 aromatic rings. The number of nitrogens with zero attached hydrogens (tertiary/aromatic N) is 1. The summed E-state index contributed by atoms with van der Waals surface area (Å²) in [7, 11) is 0. The maximum atomic E-state index is 12.6. The highest BCUT2D eigenvalue weighted by molar-refractivity contribution is 6.30. The first-order valence-corrected chi connectivity index (χ1v) is 8.52. The van der Waals surface area contributed by atoms with Gasteiger partial charge in [0, 0.05) is 29.7 Å². The Labute approximate surface area is 159 Å². The zero-order chi connectivity index (χ0) is 16.9. The van der Waals surface area contributed by atoms with Gasteiger partial charge in [-0.1, -0.05) is 29.8 Å². The van der Waals surface area contributed by atoms with Gasteiger partial charge in [0.15, 0.2) is 0 Å². The lowest BCUT2D eigenvalue weighted by Gasteiger charge is -2.30. The van der Waals surface area contributed by atoms with Crippen molar-refractivity contribution < 1.29 is 9.53 Å². The van der Waals surface area contributed by atoms with E-state index in [1.54, 1.807) is 6.07 Å². The van der Waals surface area contributed by atoms with Gasteiger partial charge in [-0.05, 0) is 48.7 Å². The summed E-state index contributed by atoms with van der Waals surface area (Å²) >= 11 is 5.88. The van der Waals surface area contributed by atoms with Gasteiger partial charge in [0.05, 0.1) is 0 Å². The molecule has 0 saturated carbocycles. The van der Waals surface area contributed by atoms with Crippen molar-refractivity contribution in [3.05, 3.63) is 64.7 Å². The van der Waals surface area contributed by atoms with Crippen LogP contribution >= 0.6 is 24.0 Å². The van der Waals surface area contributed by atoms with Crippen molar-refractivity contribution in [2.45, 2.75) is 25.5 Å². The number of hydrogen-bond acceptors (Lipinski definition) is 3. The highest BCUT2D eigenvalue weighted by Crippen LogP contribution is 2.19. The minimum Gasteiger partial charge on any atom is -0.489 e. The fraction of sp³-hybridized carbons (Fsp3) is 0.316. The van der Waals surface area contributed by atoms with Gasteiger partial charge in [0.1, 0.15) is 12.4 Å². The normalized spacial score (nSPS) is 14.7. The summed E-state index contributed by atoms with van der Waals surface area (Å²) in [5.74, 6) is 0.725. The Balaban J connectivity index is 0.00000225. The average Bonchev–Trinajstić information content (AvgIpc) is 2.61. The SMILES string of the molecule is Cl.NC1CCN(C(=O)c2cccc(OCc3ccc(Cl)cc3)c2)CC1. The molecule has 1 fully saturated rings. The molecule has 134 valence electrons. The van der Waals surface area contributed by atoms with Gasteiger partial charge in [-0.2, -0.15) is 0 Å². The molecule has 2 N–H and O–H groups in total. The second-order valence-electron chi connectivity index (χ2n) is 6.07. The Kier molecular flexibility index (Phi) is 7.12. The maximum Gasteiger partial charge on any atom is 0.253 e. The molecule has 0 radical (unpaired) electrons. The lowest BCUT2D eigenvalue weighted by Crippen LogP contribution is -2.42. The molecule has 1 aliphatic rings. The van der Waals surface area contributed by atoms with Crippen LogP contribution in [0, 0.1) is 0 Å². The molecule has 3 rings (SSSR count). The lowest BCUT2D eigenvalue weighted by atomic mass is 10.0. The first-order chi connectivity index (χ1) is 11.6. The molecule has 0 atom stereocenters. The molecule has 0 spiro atoms. The minimum absolute atomic E-state index is 0. The summed E-state index contributed by atoms with van der Waals surface area (Å²) in [6.45, 7) is 1.87. The van der Waals surface area contributed by atoms with Crippen LogP contribution in [-0.2, 0) is 6.61 Å². The Morgan fingerprint density at radius 2 is 1.84 bits per heavy atom. The summed E-state index contributed by atoms with van der Waals surface area (Å²) in [5, 5.41) is 0.701. The number of carbonyl (C=O) groups excluding carboxylic acids is 1. The van der Waals surface area contributed by atoms with Crippen LogP contribution < -0.4 is 10.5 Å². The second kappa shape index (κ2) is 9.09. The molecule has 0 unspecified atom stereocenters. The van der Waals surface area contributed by atoms with Crippen molar-refractivity contribution in [2.75, 3.05) is 13.1 Å². The molecule has 1 saturated heterocycles. The van der Waals surface area contributed by atoms with Gasteiger partial charge in [-0.3, -0.25) is 4.79 Å². The lowest BCUT2D eigenvalue weighted by molar-refractivity contribution is 0.0714. The Bertz CT molecular complexity index is 699. The highest BCUT2D eigenvalue weighted by atomic mass is 35.5. The minimum atomic E-state index is 0.